The van der Waals surface area contributed by atoms with Gasteiger partial charge in [0.05, 0.1) is 5.69 Å². The number of nitrogens with zero attached hydrogens (tertiary/aromatic N) is 1. The maximum absolute atomic E-state index is 5.82. The van der Waals surface area contributed by atoms with Crippen molar-refractivity contribution in [3.05, 3.63) is 42.1 Å². The molecule has 0 saturated heterocycles. The van der Waals surface area contributed by atoms with E-state index < -0.39 is 0 Å². The maximum Gasteiger partial charge on any atom is 0.0923 e. The van der Waals surface area contributed by atoms with E-state index in [0.29, 0.717) is 17.3 Å². The van der Waals surface area contributed by atoms with Gasteiger partial charge in [-0.05, 0) is 23.9 Å². The SMILES string of the molecule is CC1(C)C(CN)C1c1cc(-c2ccccc2)n[nH]1. The molecule has 2 aromatic rings. The van der Waals surface area contributed by atoms with Crippen molar-refractivity contribution >= 4 is 0 Å². The van der Waals surface area contributed by atoms with Crippen LogP contribution in [0.3, 0.4) is 0 Å². The number of aromatic amines is 1. The van der Waals surface area contributed by atoms with E-state index in [1.165, 1.54) is 5.69 Å². The van der Waals surface area contributed by atoms with Gasteiger partial charge in [-0.1, -0.05) is 44.2 Å². The Balaban J connectivity index is 1.88. The molecule has 1 fully saturated rings. The van der Waals surface area contributed by atoms with E-state index >= 15 is 0 Å². The lowest BCUT2D eigenvalue weighted by molar-refractivity contribution is 0.557. The van der Waals surface area contributed by atoms with Gasteiger partial charge in [-0.15, -0.1) is 0 Å². The van der Waals surface area contributed by atoms with Gasteiger partial charge in [-0.3, -0.25) is 5.10 Å². The average Bonchev–Trinajstić information content (AvgIpc) is 2.77. The lowest BCUT2D eigenvalue weighted by Crippen LogP contribution is -2.05. The number of hydrogen-bond donors (Lipinski definition) is 2. The van der Waals surface area contributed by atoms with Crippen molar-refractivity contribution in [2.45, 2.75) is 19.8 Å². The number of benzene rings is 1. The van der Waals surface area contributed by atoms with E-state index in [1.54, 1.807) is 0 Å². The predicted octanol–water partition coefficient (Wildman–Crippen LogP) is 2.78. The van der Waals surface area contributed by atoms with E-state index in [0.717, 1.165) is 17.8 Å². The van der Waals surface area contributed by atoms with E-state index in [1.807, 2.05) is 18.2 Å². The summed E-state index contributed by atoms with van der Waals surface area (Å²) >= 11 is 0. The topological polar surface area (TPSA) is 54.7 Å². The Morgan fingerprint density at radius 3 is 2.61 bits per heavy atom. The lowest BCUT2D eigenvalue weighted by Gasteiger charge is -1.98. The molecule has 0 amide bonds. The fraction of sp³-hybridized carbons (Fsp3) is 0.400. The molecule has 2 atom stereocenters. The summed E-state index contributed by atoms with van der Waals surface area (Å²) in [7, 11) is 0. The average molecular weight is 241 g/mol. The summed E-state index contributed by atoms with van der Waals surface area (Å²) in [4.78, 5) is 0. The molecule has 0 aliphatic heterocycles. The van der Waals surface area contributed by atoms with Crippen molar-refractivity contribution in [3.8, 4) is 11.3 Å². The molecule has 1 aliphatic carbocycles. The molecule has 1 aromatic carbocycles. The Morgan fingerprint density at radius 1 is 1.28 bits per heavy atom. The summed E-state index contributed by atoms with van der Waals surface area (Å²) in [5, 5.41) is 7.60. The van der Waals surface area contributed by atoms with Crippen molar-refractivity contribution < 1.29 is 0 Å². The van der Waals surface area contributed by atoms with E-state index in [4.69, 9.17) is 5.73 Å². The second kappa shape index (κ2) is 3.95. The molecular weight excluding hydrogens is 222 g/mol. The first-order chi connectivity index (χ1) is 8.64. The van der Waals surface area contributed by atoms with Gasteiger partial charge in [-0.2, -0.15) is 5.10 Å². The van der Waals surface area contributed by atoms with E-state index in [-0.39, 0.29) is 0 Å². The standard InChI is InChI=1S/C15H19N3/c1-15(2)11(9-16)14(15)13-8-12(17-18-13)10-6-4-3-5-7-10/h3-8,11,14H,9,16H2,1-2H3,(H,17,18). The highest BCUT2D eigenvalue weighted by atomic mass is 15.1. The van der Waals surface area contributed by atoms with Crippen LogP contribution in [0.4, 0.5) is 0 Å². The second-order valence-electron chi connectivity index (χ2n) is 5.72. The minimum absolute atomic E-state index is 0.301. The third kappa shape index (κ3) is 1.66. The third-order valence-electron chi connectivity index (χ3n) is 4.31. The van der Waals surface area contributed by atoms with Crippen molar-refractivity contribution in [2.75, 3.05) is 6.54 Å². The number of rotatable bonds is 3. The van der Waals surface area contributed by atoms with Gasteiger partial charge in [0, 0.05) is 17.2 Å². The minimum atomic E-state index is 0.301. The molecule has 1 aromatic heterocycles. The van der Waals surface area contributed by atoms with Gasteiger partial charge in [-0.25, -0.2) is 0 Å². The number of aromatic nitrogens is 2. The fourth-order valence-electron chi connectivity index (χ4n) is 3.05. The monoisotopic (exact) mass is 241 g/mol. The van der Waals surface area contributed by atoms with Gasteiger partial charge in [0.15, 0.2) is 0 Å². The van der Waals surface area contributed by atoms with Gasteiger partial charge in [0.2, 0.25) is 0 Å². The number of H-pyrrole nitrogens is 1. The van der Waals surface area contributed by atoms with Crippen LogP contribution < -0.4 is 5.73 Å². The first kappa shape index (κ1) is 11.5. The first-order valence-corrected chi connectivity index (χ1v) is 6.45. The molecular formula is C15H19N3. The molecule has 1 saturated carbocycles. The molecule has 3 N–H and O–H groups in total. The molecule has 0 radical (unpaired) electrons. The molecule has 3 heteroatoms. The molecule has 0 bridgehead atoms. The molecule has 18 heavy (non-hydrogen) atoms. The largest absolute Gasteiger partial charge is 0.330 e. The van der Waals surface area contributed by atoms with Crippen LogP contribution in [-0.2, 0) is 0 Å². The van der Waals surface area contributed by atoms with E-state index in [9.17, 15) is 0 Å². The summed E-state index contributed by atoms with van der Waals surface area (Å²) in [6.07, 6.45) is 0. The van der Waals surface area contributed by atoms with Crippen LogP contribution >= 0.6 is 0 Å². The Labute approximate surface area is 107 Å². The van der Waals surface area contributed by atoms with Crippen molar-refractivity contribution in [2.24, 2.45) is 17.1 Å². The van der Waals surface area contributed by atoms with Crippen LogP contribution in [0.15, 0.2) is 36.4 Å². The molecule has 0 spiro atoms. The smallest absolute Gasteiger partial charge is 0.0923 e. The summed E-state index contributed by atoms with van der Waals surface area (Å²) in [5.74, 6) is 1.09. The second-order valence-corrected chi connectivity index (χ2v) is 5.72. The highest BCUT2D eigenvalue weighted by Crippen LogP contribution is 2.63. The summed E-state index contributed by atoms with van der Waals surface area (Å²) in [6.45, 7) is 5.30. The van der Waals surface area contributed by atoms with Gasteiger partial charge >= 0.3 is 0 Å². The molecule has 2 unspecified atom stereocenters. The number of nitrogens with one attached hydrogen (secondary N) is 1. The van der Waals surface area contributed by atoms with Crippen LogP contribution in [0.2, 0.25) is 0 Å². The predicted molar refractivity (Wildman–Crippen MR) is 73.1 cm³/mol. The maximum atomic E-state index is 5.82. The molecule has 3 rings (SSSR count). The zero-order valence-electron chi connectivity index (χ0n) is 10.9. The molecule has 94 valence electrons. The summed E-state index contributed by atoms with van der Waals surface area (Å²) < 4.78 is 0. The Morgan fingerprint density at radius 2 is 2.00 bits per heavy atom. The zero-order valence-corrected chi connectivity index (χ0v) is 10.9. The van der Waals surface area contributed by atoms with Crippen LogP contribution in [0.1, 0.15) is 25.5 Å². The van der Waals surface area contributed by atoms with Gasteiger partial charge in [0.25, 0.3) is 0 Å². The van der Waals surface area contributed by atoms with Crippen LogP contribution in [0.25, 0.3) is 11.3 Å². The van der Waals surface area contributed by atoms with Gasteiger partial charge < -0.3 is 5.73 Å². The van der Waals surface area contributed by atoms with Crippen LogP contribution in [-0.4, -0.2) is 16.7 Å². The molecule has 1 heterocycles. The lowest BCUT2D eigenvalue weighted by atomic mass is 10.1. The fourth-order valence-corrected chi connectivity index (χ4v) is 3.05. The number of nitrogens with two attached hydrogens (primary N) is 1. The van der Waals surface area contributed by atoms with Gasteiger partial charge in [0.1, 0.15) is 0 Å². The first-order valence-electron chi connectivity index (χ1n) is 6.45. The van der Waals surface area contributed by atoms with Crippen molar-refractivity contribution in [1.29, 1.82) is 0 Å². The van der Waals surface area contributed by atoms with Crippen LogP contribution in [0.5, 0.6) is 0 Å². The van der Waals surface area contributed by atoms with Crippen molar-refractivity contribution in [1.82, 2.24) is 10.2 Å². The minimum Gasteiger partial charge on any atom is -0.330 e. The van der Waals surface area contributed by atoms with E-state index in [2.05, 4.69) is 42.2 Å². The Bertz CT molecular complexity index is 542. The highest BCUT2D eigenvalue weighted by Gasteiger charge is 2.58. The molecule has 1 aliphatic rings. The molecule has 3 nitrogen and oxygen atoms in total. The number of hydrogen-bond acceptors (Lipinski definition) is 2. The Kier molecular flexibility index (Phi) is 2.52. The zero-order chi connectivity index (χ0) is 12.8. The van der Waals surface area contributed by atoms with Crippen molar-refractivity contribution in [3.63, 3.8) is 0 Å². The quantitative estimate of drug-likeness (QED) is 0.868. The summed E-state index contributed by atoms with van der Waals surface area (Å²) in [5.41, 5.74) is 9.51. The normalized spacial score (nSPS) is 25.1. The highest BCUT2D eigenvalue weighted by molar-refractivity contribution is 5.59. The Hall–Kier alpha value is -1.61. The van der Waals surface area contributed by atoms with Crippen LogP contribution in [0, 0.1) is 11.3 Å². The third-order valence-corrected chi connectivity index (χ3v) is 4.31. The summed E-state index contributed by atoms with van der Waals surface area (Å²) in [6, 6.07) is 12.4.